The van der Waals surface area contributed by atoms with Gasteiger partial charge in [-0.2, -0.15) is 0 Å². The fourth-order valence-corrected chi connectivity index (χ4v) is 3.68. The molecule has 0 aliphatic carbocycles. The molecule has 0 saturated heterocycles. The van der Waals surface area contributed by atoms with Crippen molar-refractivity contribution in [3.8, 4) is 0 Å². The standard InChI is InChI=1S/C28H23FN2O2/c29-24-19-11-10-18-23(24)27(32)31-26(22-16-8-3-9-17-22)28(33)30-25(20-12-4-1-5-13-20)21-14-6-2-7-15-21/h1-19,25-26H,(H,30,33)(H,31,32)/t26-/m1/s1. The molecular weight excluding hydrogens is 415 g/mol. The summed E-state index contributed by atoms with van der Waals surface area (Å²) >= 11 is 0. The largest absolute Gasteiger partial charge is 0.343 e. The Balaban J connectivity index is 1.65. The Morgan fingerprint density at radius 1 is 0.576 bits per heavy atom. The summed E-state index contributed by atoms with van der Waals surface area (Å²) < 4.78 is 14.2. The topological polar surface area (TPSA) is 58.2 Å². The van der Waals surface area contributed by atoms with Crippen molar-refractivity contribution in [2.45, 2.75) is 12.1 Å². The fraction of sp³-hybridized carbons (Fsp3) is 0.0714. The van der Waals surface area contributed by atoms with Crippen LogP contribution in [-0.2, 0) is 4.79 Å². The molecule has 1 atom stereocenters. The Morgan fingerprint density at radius 3 is 1.55 bits per heavy atom. The quantitative estimate of drug-likeness (QED) is 0.417. The fourth-order valence-electron chi connectivity index (χ4n) is 3.68. The van der Waals surface area contributed by atoms with Crippen LogP contribution in [0.4, 0.5) is 4.39 Å². The normalized spacial score (nSPS) is 11.6. The van der Waals surface area contributed by atoms with E-state index in [9.17, 15) is 14.0 Å². The zero-order valence-electron chi connectivity index (χ0n) is 17.8. The van der Waals surface area contributed by atoms with E-state index in [0.29, 0.717) is 5.56 Å². The van der Waals surface area contributed by atoms with Gasteiger partial charge in [-0.1, -0.05) is 103 Å². The summed E-state index contributed by atoms with van der Waals surface area (Å²) in [7, 11) is 0. The zero-order valence-corrected chi connectivity index (χ0v) is 17.8. The van der Waals surface area contributed by atoms with Crippen molar-refractivity contribution in [1.82, 2.24) is 10.6 Å². The summed E-state index contributed by atoms with van der Waals surface area (Å²) in [6, 6.07) is 32.4. The Kier molecular flexibility index (Phi) is 6.90. The molecule has 0 aliphatic rings. The minimum absolute atomic E-state index is 0.117. The molecule has 0 saturated carbocycles. The summed E-state index contributed by atoms with van der Waals surface area (Å²) in [4.78, 5) is 26.4. The first-order chi connectivity index (χ1) is 16.1. The van der Waals surface area contributed by atoms with Gasteiger partial charge in [0, 0.05) is 0 Å². The highest BCUT2D eigenvalue weighted by Crippen LogP contribution is 2.24. The highest BCUT2D eigenvalue weighted by atomic mass is 19.1. The maximum absolute atomic E-state index is 14.2. The average molecular weight is 439 g/mol. The number of nitrogens with one attached hydrogen (secondary N) is 2. The van der Waals surface area contributed by atoms with Crippen LogP contribution in [-0.4, -0.2) is 11.8 Å². The zero-order chi connectivity index (χ0) is 23.0. The summed E-state index contributed by atoms with van der Waals surface area (Å²) in [6.07, 6.45) is 0. The summed E-state index contributed by atoms with van der Waals surface area (Å²) in [5.41, 5.74) is 2.29. The van der Waals surface area contributed by atoms with Crippen LogP contribution < -0.4 is 10.6 Å². The lowest BCUT2D eigenvalue weighted by atomic mass is 9.97. The molecule has 4 rings (SSSR count). The van der Waals surface area contributed by atoms with E-state index in [1.807, 2.05) is 66.7 Å². The number of rotatable bonds is 7. The number of halogens is 1. The number of carbonyl (C=O) groups is 2. The molecule has 4 aromatic carbocycles. The van der Waals surface area contributed by atoms with Gasteiger partial charge in [-0.15, -0.1) is 0 Å². The second kappa shape index (κ2) is 10.4. The number of hydrogen-bond donors (Lipinski definition) is 2. The summed E-state index contributed by atoms with van der Waals surface area (Å²) in [5, 5.41) is 5.78. The second-order valence-corrected chi connectivity index (χ2v) is 7.56. The maximum atomic E-state index is 14.2. The van der Waals surface area contributed by atoms with Crippen LogP contribution in [0.5, 0.6) is 0 Å². The Labute approximate surface area is 192 Å². The van der Waals surface area contributed by atoms with Crippen molar-refractivity contribution in [3.05, 3.63) is 143 Å². The van der Waals surface area contributed by atoms with Crippen molar-refractivity contribution in [1.29, 1.82) is 0 Å². The van der Waals surface area contributed by atoms with Crippen LogP contribution in [0.1, 0.15) is 39.1 Å². The van der Waals surface area contributed by atoms with Crippen LogP contribution >= 0.6 is 0 Å². The van der Waals surface area contributed by atoms with Gasteiger partial charge in [0.2, 0.25) is 5.91 Å². The van der Waals surface area contributed by atoms with Gasteiger partial charge in [0.15, 0.2) is 0 Å². The number of amides is 2. The molecule has 0 heterocycles. The van der Waals surface area contributed by atoms with Gasteiger partial charge in [0.25, 0.3) is 5.91 Å². The third-order valence-electron chi connectivity index (χ3n) is 5.34. The van der Waals surface area contributed by atoms with E-state index in [2.05, 4.69) is 10.6 Å². The molecule has 2 N–H and O–H groups in total. The van der Waals surface area contributed by atoms with Crippen LogP contribution in [0.3, 0.4) is 0 Å². The van der Waals surface area contributed by atoms with E-state index in [1.54, 1.807) is 30.3 Å². The molecule has 0 aromatic heterocycles. The second-order valence-electron chi connectivity index (χ2n) is 7.56. The van der Waals surface area contributed by atoms with Gasteiger partial charge < -0.3 is 10.6 Å². The minimum Gasteiger partial charge on any atom is -0.343 e. The van der Waals surface area contributed by atoms with Crippen molar-refractivity contribution in [2.75, 3.05) is 0 Å². The molecule has 0 aliphatic heterocycles. The molecule has 0 spiro atoms. The van der Waals surface area contributed by atoms with Gasteiger partial charge in [-0.25, -0.2) is 4.39 Å². The van der Waals surface area contributed by atoms with Crippen LogP contribution in [0.2, 0.25) is 0 Å². The van der Waals surface area contributed by atoms with E-state index < -0.39 is 29.7 Å². The van der Waals surface area contributed by atoms with Crippen molar-refractivity contribution < 1.29 is 14.0 Å². The lowest BCUT2D eigenvalue weighted by Gasteiger charge is -2.25. The predicted octanol–water partition coefficient (Wildman–Crippen LogP) is 5.20. The smallest absolute Gasteiger partial charge is 0.255 e. The molecule has 0 bridgehead atoms. The van der Waals surface area contributed by atoms with Crippen molar-refractivity contribution in [3.63, 3.8) is 0 Å². The minimum atomic E-state index is -1.01. The third kappa shape index (κ3) is 5.33. The van der Waals surface area contributed by atoms with Gasteiger partial charge in [-0.05, 0) is 28.8 Å². The molecule has 164 valence electrons. The van der Waals surface area contributed by atoms with Crippen molar-refractivity contribution >= 4 is 11.8 Å². The predicted molar refractivity (Wildman–Crippen MR) is 126 cm³/mol. The first kappa shape index (κ1) is 22.0. The van der Waals surface area contributed by atoms with Crippen LogP contribution in [0.25, 0.3) is 0 Å². The van der Waals surface area contributed by atoms with Gasteiger partial charge in [0.05, 0.1) is 11.6 Å². The Bertz CT molecular complexity index is 1170. The van der Waals surface area contributed by atoms with Gasteiger partial charge in [0.1, 0.15) is 11.9 Å². The van der Waals surface area contributed by atoms with Gasteiger partial charge >= 0.3 is 0 Å². The Morgan fingerprint density at radius 2 is 1.03 bits per heavy atom. The molecule has 33 heavy (non-hydrogen) atoms. The number of hydrogen-bond acceptors (Lipinski definition) is 2. The van der Waals surface area contributed by atoms with E-state index in [4.69, 9.17) is 0 Å². The highest BCUT2D eigenvalue weighted by molar-refractivity contribution is 5.98. The molecule has 0 radical (unpaired) electrons. The SMILES string of the molecule is O=C(N[C@@H](C(=O)NC(c1ccccc1)c1ccccc1)c1ccccc1)c1ccccc1F. The molecule has 4 aromatic rings. The lowest BCUT2D eigenvalue weighted by Crippen LogP contribution is -2.42. The summed E-state index contributed by atoms with van der Waals surface area (Å²) in [5.74, 6) is -1.70. The van der Waals surface area contributed by atoms with E-state index >= 15 is 0 Å². The molecule has 2 amide bonds. The lowest BCUT2D eigenvalue weighted by molar-refractivity contribution is -0.123. The van der Waals surface area contributed by atoms with Crippen LogP contribution in [0, 0.1) is 5.82 Å². The third-order valence-corrected chi connectivity index (χ3v) is 5.34. The monoisotopic (exact) mass is 438 g/mol. The van der Waals surface area contributed by atoms with Crippen LogP contribution in [0.15, 0.2) is 115 Å². The number of benzene rings is 4. The van der Waals surface area contributed by atoms with Crippen molar-refractivity contribution in [2.24, 2.45) is 0 Å². The molecular formula is C28H23FN2O2. The molecule has 0 unspecified atom stereocenters. The first-order valence-electron chi connectivity index (χ1n) is 10.6. The Hall–Kier alpha value is -4.25. The molecule has 4 nitrogen and oxygen atoms in total. The summed E-state index contributed by atoms with van der Waals surface area (Å²) in [6.45, 7) is 0. The number of carbonyl (C=O) groups excluding carboxylic acids is 2. The molecule has 0 fully saturated rings. The van der Waals surface area contributed by atoms with E-state index in [1.165, 1.54) is 18.2 Å². The van der Waals surface area contributed by atoms with E-state index in [-0.39, 0.29) is 5.56 Å². The van der Waals surface area contributed by atoms with Gasteiger partial charge in [-0.3, -0.25) is 9.59 Å². The van der Waals surface area contributed by atoms with E-state index in [0.717, 1.165) is 11.1 Å². The average Bonchev–Trinajstić information content (AvgIpc) is 2.87. The molecule has 5 heteroatoms. The maximum Gasteiger partial charge on any atom is 0.255 e. The first-order valence-corrected chi connectivity index (χ1v) is 10.6. The highest BCUT2D eigenvalue weighted by Gasteiger charge is 2.27.